The number of unbranched alkanes of at least 4 members (excludes halogenated alkanes) is 6. The lowest BCUT2D eigenvalue weighted by molar-refractivity contribution is -0.131. The van der Waals surface area contributed by atoms with Gasteiger partial charge in [0.05, 0.1) is 36.4 Å². The minimum Gasteiger partial charge on any atom is -0.342 e. The van der Waals surface area contributed by atoms with E-state index in [2.05, 4.69) is 119 Å². The topological polar surface area (TPSA) is 76.3 Å². The van der Waals surface area contributed by atoms with Gasteiger partial charge in [0.25, 0.3) is 0 Å². The molecular formula is C45H61IN6O2. The Bertz CT molecular complexity index is 1880. The molecule has 2 saturated heterocycles. The van der Waals surface area contributed by atoms with Crippen LogP contribution in [-0.4, -0.2) is 66.9 Å². The van der Waals surface area contributed by atoms with E-state index < -0.39 is 0 Å². The maximum absolute atomic E-state index is 12.9. The van der Waals surface area contributed by atoms with Crippen LogP contribution >= 0.6 is 22.6 Å². The summed E-state index contributed by atoms with van der Waals surface area (Å²) >= 11 is 2.36. The predicted molar refractivity (Wildman–Crippen MR) is 226 cm³/mol. The number of carbonyl (C=O) groups excluding carboxylic acids is 2. The van der Waals surface area contributed by atoms with Gasteiger partial charge in [-0.3, -0.25) is 9.59 Å². The average molecular weight is 845 g/mol. The monoisotopic (exact) mass is 844 g/mol. The summed E-state index contributed by atoms with van der Waals surface area (Å²) in [5.74, 6) is 2.20. The van der Waals surface area contributed by atoms with Crippen LogP contribution in [0.5, 0.6) is 0 Å². The van der Waals surface area contributed by atoms with Crippen LogP contribution in [0.1, 0.15) is 95.9 Å². The van der Waals surface area contributed by atoms with Crippen molar-refractivity contribution >= 4 is 34.4 Å². The molecule has 2 aliphatic heterocycles. The summed E-state index contributed by atoms with van der Waals surface area (Å²) in [6, 6.07) is 17.4. The molecule has 2 amide bonds. The Kier molecular flexibility index (Phi) is 12.7. The molecular weight excluding hydrogens is 783 g/mol. The Morgan fingerprint density at radius 3 is 1.63 bits per heavy atom. The fraction of sp³-hybridized carbons (Fsp3) is 0.556. The van der Waals surface area contributed by atoms with Crippen LogP contribution in [0.15, 0.2) is 73.6 Å². The Hall–Kier alpha value is -3.47. The second-order valence-electron chi connectivity index (χ2n) is 16.6. The molecule has 4 aromatic rings. The van der Waals surface area contributed by atoms with E-state index in [9.17, 15) is 9.59 Å². The number of amides is 2. The molecule has 0 spiro atoms. The first-order chi connectivity index (χ1) is 26.0. The number of aryl methyl sites for hydroxylation is 3. The molecule has 2 aliphatic carbocycles. The largest absolute Gasteiger partial charge is 0.342 e. The molecule has 4 fully saturated rings. The van der Waals surface area contributed by atoms with Gasteiger partial charge in [0.2, 0.25) is 11.8 Å². The molecule has 2 saturated carbocycles. The van der Waals surface area contributed by atoms with Gasteiger partial charge in [0, 0.05) is 72.1 Å². The van der Waals surface area contributed by atoms with Crippen LogP contribution in [0.25, 0.3) is 11.3 Å². The minimum atomic E-state index is 0.00556. The number of benzene rings is 2. The van der Waals surface area contributed by atoms with Crippen molar-refractivity contribution in [1.29, 1.82) is 0 Å². The zero-order valence-electron chi connectivity index (χ0n) is 33.6. The zero-order chi connectivity index (χ0) is 38.6. The summed E-state index contributed by atoms with van der Waals surface area (Å²) in [6.45, 7) is 14.8. The van der Waals surface area contributed by atoms with Crippen molar-refractivity contribution < 1.29 is 9.59 Å². The van der Waals surface area contributed by atoms with Crippen molar-refractivity contribution in [1.82, 2.24) is 28.9 Å². The van der Waals surface area contributed by atoms with Gasteiger partial charge in [0.1, 0.15) is 0 Å². The lowest BCUT2D eigenvalue weighted by Gasteiger charge is -2.25. The van der Waals surface area contributed by atoms with E-state index in [1.165, 1.54) is 70.9 Å². The molecule has 8 rings (SSSR count). The lowest BCUT2D eigenvalue weighted by Crippen LogP contribution is -2.34. The van der Waals surface area contributed by atoms with Gasteiger partial charge in [-0.05, 0) is 83.5 Å². The summed E-state index contributed by atoms with van der Waals surface area (Å²) in [5.41, 5.74) is 6.24. The highest BCUT2D eigenvalue weighted by Crippen LogP contribution is 2.65. The fourth-order valence-corrected chi connectivity index (χ4v) is 9.79. The molecule has 4 aliphatic rings. The molecule has 54 heavy (non-hydrogen) atoms. The Balaban J connectivity index is 0.000000159. The number of nitrogens with zero attached hydrogens (tertiary/aromatic N) is 6. The van der Waals surface area contributed by atoms with Crippen molar-refractivity contribution in [3.8, 4) is 11.3 Å². The molecule has 4 heterocycles. The first-order valence-electron chi connectivity index (χ1n) is 20.3. The molecule has 6 unspecified atom stereocenters. The van der Waals surface area contributed by atoms with E-state index in [1.807, 2.05) is 48.9 Å². The molecule has 0 N–H and O–H groups in total. The SMILES string of the molecule is CCCCCCN1CC2C(C1=O)C2(C)c1cccc(-c2cncn2C)c1.CCCCCCN1CC2C(C1=O)C2(C)c1cccc(I)c1.Cc1cncn1C. The van der Waals surface area contributed by atoms with Gasteiger partial charge < -0.3 is 18.9 Å². The van der Waals surface area contributed by atoms with Crippen LogP contribution in [0.3, 0.4) is 0 Å². The molecule has 6 atom stereocenters. The highest BCUT2D eigenvalue weighted by molar-refractivity contribution is 14.1. The van der Waals surface area contributed by atoms with Crippen molar-refractivity contribution in [2.24, 2.45) is 37.8 Å². The van der Waals surface area contributed by atoms with Crippen LogP contribution in [0, 0.1) is 34.2 Å². The quantitative estimate of drug-likeness (QED) is 0.0996. The highest BCUT2D eigenvalue weighted by atomic mass is 127. The van der Waals surface area contributed by atoms with Crippen molar-refractivity contribution in [3.05, 3.63) is 94.0 Å². The van der Waals surface area contributed by atoms with Crippen LogP contribution in [0.4, 0.5) is 0 Å². The molecule has 0 bridgehead atoms. The standard InChI is InChI=1S/C22H29N3O.C18H24INO.C5H8N2/c1-4-5-6-7-11-25-14-18-20(21(25)26)22(18,2)17-10-8-9-16(12-17)19-13-23-15-24(19)3;1-3-4-5-6-10-20-12-15-16(17(20)21)18(15,2)13-8-7-9-14(19)11-13;1-5-3-6-4-7(5)2/h8-10,12-13,15,18,20H,4-7,11,14H2,1-3H3;7-9,11,15-16H,3-6,10,12H2,1-2H3;3-4H,1-2H3. The molecule has 0 radical (unpaired) electrons. The van der Waals surface area contributed by atoms with Crippen LogP contribution in [0.2, 0.25) is 0 Å². The highest BCUT2D eigenvalue weighted by Gasteiger charge is 2.71. The van der Waals surface area contributed by atoms with E-state index in [1.54, 1.807) is 6.33 Å². The number of hydrogen-bond acceptors (Lipinski definition) is 4. The molecule has 8 nitrogen and oxygen atoms in total. The van der Waals surface area contributed by atoms with Crippen LogP contribution < -0.4 is 0 Å². The number of halogens is 1. The summed E-state index contributed by atoms with van der Waals surface area (Å²) in [4.78, 5) is 37.8. The number of rotatable bonds is 13. The van der Waals surface area contributed by atoms with Crippen molar-refractivity contribution in [3.63, 3.8) is 0 Å². The normalized spacial score (nSPS) is 26.1. The lowest BCUT2D eigenvalue weighted by atomic mass is 9.90. The maximum atomic E-state index is 12.9. The van der Waals surface area contributed by atoms with E-state index in [4.69, 9.17) is 0 Å². The van der Waals surface area contributed by atoms with E-state index in [0.29, 0.717) is 23.7 Å². The number of imidazole rings is 2. The Morgan fingerprint density at radius 2 is 1.22 bits per heavy atom. The number of carbonyl (C=O) groups is 2. The van der Waals surface area contributed by atoms with Gasteiger partial charge in [-0.2, -0.15) is 0 Å². The fourth-order valence-electron chi connectivity index (χ4n) is 9.24. The van der Waals surface area contributed by atoms with Gasteiger partial charge in [0.15, 0.2) is 0 Å². The van der Waals surface area contributed by atoms with Crippen LogP contribution in [-0.2, 0) is 34.5 Å². The maximum Gasteiger partial charge on any atom is 0.226 e. The van der Waals surface area contributed by atoms with Crippen molar-refractivity contribution in [2.45, 2.75) is 96.8 Å². The first-order valence-corrected chi connectivity index (χ1v) is 21.4. The number of aromatic nitrogens is 4. The number of fused-ring (bicyclic) bond motifs is 2. The van der Waals surface area contributed by atoms with Crippen molar-refractivity contribution in [2.75, 3.05) is 26.2 Å². The van der Waals surface area contributed by atoms with Gasteiger partial charge in [-0.15, -0.1) is 0 Å². The number of piperidine rings is 2. The third-order valence-corrected chi connectivity index (χ3v) is 13.7. The summed E-state index contributed by atoms with van der Waals surface area (Å²) in [6.07, 6.45) is 17.2. The summed E-state index contributed by atoms with van der Waals surface area (Å²) in [7, 11) is 3.99. The second kappa shape index (κ2) is 17.1. The second-order valence-corrected chi connectivity index (χ2v) is 17.8. The molecule has 290 valence electrons. The minimum absolute atomic E-state index is 0.00556. The Labute approximate surface area is 337 Å². The smallest absolute Gasteiger partial charge is 0.226 e. The van der Waals surface area contributed by atoms with E-state index >= 15 is 0 Å². The summed E-state index contributed by atoms with van der Waals surface area (Å²) < 4.78 is 5.28. The number of likely N-dealkylation sites (tertiary alicyclic amines) is 2. The molecule has 2 aromatic heterocycles. The van der Waals surface area contributed by atoms with E-state index in [0.717, 1.165) is 38.3 Å². The average Bonchev–Trinajstić information content (AvgIpc) is 3.48. The first kappa shape index (κ1) is 40.2. The van der Waals surface area contributed by atoms with E-state index in [-0.39, 0.29) is 22.7 Å². The third-order valence-electron chi connectivity index (χ3n) is 13.1. The van der Waals surface area contributed by atoms with Gasteiger partial charge in [-0.1, -0.05) is 96.6 Å². The molecule has 9 heteroatoms. The number of hydrogen-bond donors (Lipinski definition) is 0. The predicted octanol–water partition coefficient (Wildman–Crippen LogP) is 8.96. The zero-order valence-corrected chi connectivity index (χ0v) is 35.8. The Morgan fingerprint density at radius 1 is 0.704 bits per heavy atom. The third kappa shape index (κ3) is 8.07. The summed E-state index contributed by atoms with van der Waals surface area (Å²) in [5, 5.41) is 0. The van der Waals surface area contributed by atoms with Gasteiger partial charge in [-0.25, -0.2) is 9.97 Å². The van der Waals surface area contributed by atoms with Gasteiger partial charge >= 0.3 is 0 Å². The molecule has 2 aromatic carbocycles.